The van der Waals surface area contributed by atoms with Crippen molar-refractivity contribution < 1.29 is 14.3 Å². The van der Waals surface area contributed by atoms with Crippen LogP contribution in [0.5, 0.6) is 5.75 Å². The minimum Gasteiger partial charge on any atom is -0.497 e. The second-order valence-corrected chi connectivity index (χ2v) is 3.64. The van der Waals surface area contributed by atoms with Crippen LogP contribution in [-0.2, 0) is 0 Å². The van der Waals surface area contributed by atoms with E-state index in [1.165, 1.54) is 13.2 Å². The summed E-state index contributed by atoms with van der Waals surface area (Å²) in [5.74, 6) is 0.0389. The van der Waals surface area contributed by atoms with E-state index in [1.807, 2.05) is 5.43 Å². The molecule has 0 saturated carbocycles. The number of nitrogens with two attached hydrogens (primary N) is 1. The van der Waals surface area contributed by atoms with E-state index in [0.29, 0.717) is 15.8 Å². The van der Waals surface area contributed by atoms with Crippen molar-refractivity contribution >= 4 is 27.9 Å². The summed E-state index contributed by atoms with van der Waals surface area (Å²) >= 11 is 3.21. The Kier molecular flexibility index (Phi) is 4.12. The maximum absolute atomic E-state index is 11.6. The van der Waals surface area contributed by atoms with Gasteiger partial charge in [-0.1, -0.05) is 0 Å². The van der Waals surface area contributed by atoms with E-state index in [-0.39, 0.29) is 0 Å². The number of halogens is 1. The molecule has 1 aromatic carbocycles. The number of rotatable bonds is 2. The average molecular weight is 288 g/mol. The first-order valence-corrected chi connectivity index (χ1v) is 5.03. The quantitative estimate of drug-likeness (QED) is 0.702. The number of urea groups is 1. The van der Waals surface area contributed by atoms with Gasteiger partial charge in [0.25, 0.3) is 5.91 Å². The lowest BCUT2D eigenvalue weighted by Crippen LogP contribution is -2.44. The monoisotopic (exact) mass is 287 g/mol. The summed E-state index contributed by atoms with van der Waals surface area (Å²) in [5, 5.41) is 0. The highest BCUT2D eigenvalue weighted by Crippen LogP contribution is 2.22. The molecule has 3 amide bonds. The SMILES string of the molecule is COc1ccc(Br)c(C(=O)NNC(N)=O)c1. The lowest BCUT2D eigenvalue weighted by molar-refractivity contribution is 0.0936. The van der Waals surface area contributed by atoms with Crippen LogP contribution in [0.4, 0.5) is 4.79 Å². The van der Waals surface area contributed by atoms with Gasteiger partial charge in [0.15, 0.2) is 0 Å². The first kappa shape index (κ1) is 12.3. The van der Waals surface area contributed by atoms with Crippen molar-refractivity contribution in [3.8, 4) is 5.75 Å². The number of hydrogen-bond acceptors (Lipinski definition) is 3. The Morgan fingerprint density at radius 2 is 2.06 bits per heavy atom. The lowest BCUT2D eigenvalue weighted by Gasteiger charge is -2.08. The summed E-state index contributed by atoms with van der Waals surface area (Å²) in [6, 6.07) is 4.05. The molecule has 4 N–H and O–H groups in total. The zero-order chi connectivity index (χ0) is 12.1. The molecule has 86 valence electrons. The number of benzene rings is 1. The minimum absolute atomic E-state index is 0.327. The third kappa shape index (κ3) is 3.13. The third-order valence-electron chi connectivity index (χ3n) is 1.72. The number of hydrazine groups is 1. The van der Waals surface area contributed by atoms with Gasteiger partial charge in [-0.2, -0.15) is 0 Å². The van der Waals surface area contributed by atoms with Crippen molar-refractivity contribution in [1.29, 1.82) is 0 Å². The zero-order valence-electron chi connectivity index (χ0n) is 8.41. The van der Waals surface area contributed by atoms with E-state index < -0.39 is 11.9 Å². The van der Waals surface area contributed by atoms with Crippen LogP contribution in [0.3, 0.4) is 0 Å². The summed E-state index contributed by atoms with van der Waals surface area (Å²) in [6.45, 7) is 0. The standard InChI is InChI=1S/C9H10BrN3O3/c1-16-5-2-3-7(10)6(4-5)8(14)12-13-9(11)15/h2-4H,1H3,(H,12,14)(H3,11,13,15). The highest BCUT2D eigenvalue weighted by atomic mass is 79.9. The van der Waals surface area contributed by atoms with Crippen LogP contribution in [0, 0.1) is 0 Å². The molecule has 1 aromatic rings. The number of amides is 3. The van der Waals surface area contributed by atoms with Crippen LogP contribution < -0.4 is 21.3 Å². The van der Waals surface area contributed by atoms with Crippen molar-refractivity contribution in [3.05, 3.63) is 28.2 Å². The molecule has 0 aliphatic carbocycles. The Balaban J connectivity index is 2.85. The summed E-state index contributed by atoms with van der Waals surface area (Å²) in [6.07, 6.45) is 0. The summed E-state index contributed by atoms with van der Waals surface area (Å²) in [7, 11) is 1.49. The van der Waals surface area contributed by atoms with Crippen molar-refractivity contribution in [1.82, 2.24) is 10.9 Å². The molecule has 0 bridgehead atoms. The molecule has 0 radical (unpaired) electrons. The van der Waals surface area contributed by atoms with Crippen molar-refractivity contribution in [2.24, 2.45) is 5.73 Å². The Bertz CT molecular complexity index is 422. The smallest absolute Gasteiger partial charge is 0.330 e. The molecule has 0 atom stereocenters. The van der Waals surface area contributed by atoms with Crippen LogP contribution in [0.1, 0.15) is 10.4 Å². The predicted octanol–water partition coefficient (Wildman–Crippen LogP) is 0.771. The molecular weight excluding hydrogens is 278 g/mol. The lowest BCUT2D eigenvalue weighted by atomic mass is 10.2. The normalized spacial score (nSPS) is 9.38. The number of methoxy groups -OCH3 is 1. The molecule has 0 aliphatic heterocycles. The molecule has 0 spiro atoms. The number of nitrogens with one attached hydrogen (secondary N) is 2. The number of carbonyl (C=O) groups excluding carboxylic acids is 2. The van der Waals surface area contributed by atoms with Gasteiger partial charge < -0.3 is 10.5 Å². The van der Waals surface area contributed by atoms with Crippen LogP contribution in [0.15, 0.2) is 22.7 Å². The molecule has 0 saturated heterocycles. The van der Waals surface area contributed by atoms with Gasteiger partial charge in [-0.05, 0) is 34.1 Å². The van der Waals surface area contributed by atoms with Gasteiger partial charge in [0.05, 0.1) is 12.7 Å². The fourth-order valence-corrected chi connectivity index (χ4v) is 1.42. The van der Waals surface area contributed by atoms with Gasteiger partial charge in [0.2, 0.25) is 0 Å². The summed E-state index contributed by atoms with van der Waals surface area (Å²) in [4.78, 5) is 22.0. The maximum atomic E-state index is 11.6. The van der Waals surface area contributed by atoms with E-state index >= 15 is 0 Å². The van der Waals surface area contributed by atoms with E-state index in [2.05, 4.69) is 21.4 Å². The van der Waals surface area contributed by atoms with Crippen molar-refractivity contribution in [2.45, 2.75) is 0 Å². The Hall–Kier alpha value is -1.76. The fraction of sp³-hybridized carbons (Fsp3) is 0.111. The van der Waals surface area contributed by atoms with Crippen LogP contribution in [0.25, 0.3) is 0 Å². The predicted molar refractivity (Wildman–Crippen MR) is 60.9 cm³/mol. The second-order valence-electron chi connectivity index (χ2n) is 2.79. The summed E-state index contributed by atoms with van der Waals surface area (Å²) < 4.78 is 5.55. The topological polar surface area (TPSA) is 93.4 Å². The molecule has 0 fully saturated rings. The van der Waals surface area contributed by atoms with Crippen LogP contribution in [-0.4, -0.2) is 19.0 Å². The molecule has 0 unspecified atom stereocenters. The zero-order valence-corrected chi connectivity index (χ0v) is 10.00. The van der Waals surface area contributed by atoms with Crippen LogP contribution >= 0.6 is 15.9 Å². The Labute approximate surface area is 100 Å². The molecule has 0 aliphatic rings. The van der Waals surface area contributed by atoms with Gasteiger partial charge >= 0.3 is 6.03 Å². The molecule has 1 rings (SSSR count). The van der Waals surface area contributed by atoms with Gasteiger partial charge in [-0.25, -0.2) is 10.2 Å². The second kappa shape index (κ2) is 5.36. The first-order chi connectivity index (χ1) is 7.54. The minimum atomic E-state index is -0.840. The highest BCUT2D eigenvalue weighted by molar-refractivity contribution is 9.10. The first-order valence-electron chi connectivity index (χ1n) is 4.24. The Morgan fingerprint density at radius 3 is 2.62 bits per heavy atom. The molecular formula is C9H10BrN3O3. The molecule has 7 heteroatoms. The van der Waals surface area contributed by atoms with Gasteiger partial charge in [-0.3, -0.25) is 10.2 Å². The highest BCUT2D eigenvalue weighted by Gasteiger charge is 2.11. The molecule has 6 nitrogen and oxygen atoms in total. The van der Waals surface area contributed by atoms with E-state index in [0.717, 1.165) is 0 Å². The molecule has 16 heavy (non-hydrogen) atoms. The number of primary amides is 1. The van der Waals surface area contributed by atoms with Crippen LogP contribution in [0.2, 0.25) is 0 Å². The number of hydrogen-bond donors (Lipinski definition) is 3. The van der Waals surface area contributed by atoms with Gasteiger partial charge in [0.1, 0.15) is 5.75 Å². The summed E-state index contributed by atoms with van der Waals surface area (Å²) in [5.41, 5.74) is 9.27. The van der Waals surface area contributed by atoms with E-state index in [1.54, 1.807) is 12.1 Å². The third-order valence-corrected chi connectivity index (χ3v) is 2.41. The van der Waals surface area contributed by atoms with E-state index in [9.17, 15) is 9.59 Å². The fourth-order valence-electron chi connectivity index (χ4n) is 0.991. The number of ether oxygens (including phenoxy) is 1. The maximum Gasteiger partial charge on any atom is 0.330 e. The van der Waals surface area contributed by atoms with Crippen molar-refractivity contribution in [2.75, 3.05) is 7.11 Å². The Morgan fingerprint density at radius 1 is 1.38 bits per heavy atom. The van der Waals surface area contributed by atoms with Gasteiger partial charge in [0, 0.05) is 4.47 Å². The largest absolute Gasteiger partial charge is 0.497 e. The van der Waals surface area contributed by atoms with E-state index in [4.69, 9.17) is 10.5 Å². The number of carbonyl (C=O) groups is 2. The molecule has 0 aromatic heterocycles. The molecule has 0 heterocycles. The average Bonchev–Trinajstić information content (AvgIpc) is 2.26. The van der Waals surface area contributed by atoms with Crippen molar-refractivity contribution in [3.63, 3.8) is 0 Å². The van der Waals surface area contributed by atoms with Gasteiger partial charge in [-0.15, -0.1) is 0 Å².